The SMILES string of the molecule is CN=C(NCc1ccccc1Cn1cccn1)NCC(C)N(C)C1CC1.I. The lowest BCUT2D eigenvalue weighted by atomic mass is 10.1. The maximum Gasteiger partial charge on any atom is 0.191 e. The molecule has 2 N–H and O–H groups in total. The largest absolute Gasteiger partial charge is 0.355 e. The number of likely N-dealkylation sites (N-methyl/N-ethyl adjacent to an activating group) is 1. The second-order valence-corrected chi connectivity index (χ2v) is 7.02. The Labute approximate surface area is 179 Å². The Hall–Kier alpha value is -1.61. The van der Waals surface area contributed by atoms with Crippen molar-refractivity contribution < 1.29 is 0 Å². The molecule has 1 aromatic heterocycles. The normalized spacial score (nSPS) is 15.3. The first-order valence-electron chi connectivity index (χ1n) is 9.38. The van der Waals surface area contributed by atoms with E-state index in [2.05, 4.69) is 63.9 Å². The topological polar surface area (TPSA) is 57.5 Å². The molecule has 0 amide bonds. The highest BCUT2D eigenvalue weighted by Crippen LogP contribution is 2.26. The average Bonchev–Trinajstić information content (AvgIpc) is 3.39. The monoisotopic (exact) mass is 482 g/mol. The number of guanidine groups is 1. The van der Waals surface area contributed by atoms with Crippen LogP contribution in [0.25, 0.3) is 0 Å². The summed E-state index contributed by atoms with van der Waals surface area (Å²) in [4.78, 5) is 6.82. The van der Waals surface area contributed by atoms with E-state index in [4.69, 9.17) is 0 Å². The Kier molecular flexibility index (Phi) is 8.56. The van der Waals surface area contributed by atoms with Crippen LogP contribution in [0, 0.1) is 0 Å². The van der Waals surface area contributed by atoms with Crippen molar-refractivity contribution in [2.24, 2.45) is 4.99 Å². The van der Waals surface area contributed by atoms with Crippen molar-refractivity contribution >= 4 is 29.9 Å². The van der Waals surface area contributed by atoms with E-state index in [-0.39, 0.29) is 24.0 Å². The molecule has 0 bridgehead atoms. The number of aliphatic imine (C=N–C) groups is 1. The lowest BCUT2D eigenvalue weighted by Crippen LogP contribution is -2.45. The van der Waals surface area contributed by atoms with Gasteiger partial charge in [0, 0.05) is 44.6 Å². The second kappa shape index (κ2) is 10.7. The molecule has 1 atom stereocenters. The fourth-order valence-corrected chi connectivity index (χ4v) is 3.08. The quantitative estimate of drug-likeness (QED) is 0.345. The third kappa shape index (κ3) is 6.49. The fourth-order valence-electron chi connectivity index (χ4n) is 3.08. The lowest BCUT2D eigenvalue weighted by Gasteiger charge is -2.25. The third-order valence-corrected chi connectivity index (χ3v) is 5.06. The summed E-state index contributed by atoms with van der Waals surface area (Å²) in [6.07, 6.45) is 6.47. The Morgan fingerprint density at radius 3 is 2.63 bits per heavy atom. The van der Waals surface area contributed by atoms with Crippen LogP contribution >= 0.6 is 24.0 Å². The van der Waals surface area contributed by atoms with Gasteiger partial charge in [0.1, 0.15) is 0 Å². The number of nitrogens with one attached hydrogen (secondary N) is 2. The van der Waals surface area contributed by atoms with Gasteiger partial charge >= 0.3 is 0 Å². The van der Waals surface area contributed by atoms with Crippen molar-refractivity contribution in [3.8, 4) is 0 Å². The minimum Gasteiger partial charge on any atom is -0.355 e. The zero-order chi connectivity index (χ0) is 18.4. The molecule has 0 spiro atoms. The van der Waals surface area contributed by atoms with Crippen molar-refractivity contribution in [3.05, 3.63) is 53.9 Å². The van der Waals surface area contributed by atoms with Crippen molar-refractivity contribution in [1.82, 2.24) is 25.3 Å². The van der Waals surface area contributed by atoms with Gasteiger partial charge in [-0.25, -0.2) is 0 Å². The van der Waals surface area contributed by atoms with Crippen LogP contribution in [0.4, 0.5) is 0 Å². The molecule has 1 aromatic carbocycles. The first-order chi connectivity index (χ1) is 12.7. The minimum absolute atomic E-state index is 0. The zero-order valence-corrected chi connectivity index (χ0v) is 18.8. The summed E-state index contributed by atoms with van der Waals surface area (Å²) in [5, 5.41) is 11.2. The van der Waals surface area contributed by atoms with E-state index in [9.17, 15) is 0 Å². The van der Waals surface area contributed by atoms with Crippen LogP contribution < -0.4 is 10.6 Å². The molecule has 1 aliphatic rings. The standard InChI is InChI=1S/C20H30N6.HI/c1-16(25(3)19-9-10-19)13-22-20(21-2)23-14-17-7-4-5-8-18(17)15-26-12-6-11-24-26;/h4-8,11-12,16,19H,9-10,13-15H2,1-3H3,(H2,21,22,23);1H. The molecule has 1 aliphatic carbocycles. The van der Waals surface area contributed by atoms with Crippen LogP contribution in [0.15, 0.2) is 47.7 Å². The van der Waals surface area contributed by atoms with Gasteiger partial charge in [0.25, 0.3) is 0 Å². The molecule has 6 nitrogen and oxygen atoms in total. The van der Waals surface area contributed by atoms with Gasteiger partial charge in [-0.1, -0.05) is 24.3 Å². The van der Waals surface area contributed by atoms with E-state index < -0.39 is 0 Å². The molecule has 0 radical (unpaired) electrons. The molecule has 7 heteroatoms. The van der Waals surface area contributed by atoms with Gasteiger partial charge in [-0.2, -0.15) is 5.10 Å². The van der Waals surface area contributed by atoms with E-state index in [0.29, 0.717) is 6.04 Å². The summed E-state index contributed by atoms with van der Waals surface area (Å²) in [5.74, 6) is 0.843. The first-order valence-corrected chi connectivity index (χ1v) is 9.38. The van der Waals surface area contributed by atoms with E-state index >= 15 is 0 Å². The highest BCUT2D eigenvalue weighted by atomic mass is 127. The molecule has 0 saturated heterocycles. The Morgan fingerprint density at radius 1 is 1.26 bits per heavy atom. The molecule has 0 aliphatic heterocycles. The molecule has 1 saturated carbocycles. The van der Waals surface area contributed by atoms with Gasteiger partial charge in [0.05, 0.1) is 6.54 Å². The maximum absolute atomic E-state index is 4.36. The summed E-state index contributed by atoms with van der Waals surface area (Å²) in [5.41, 5.74) is 2.52. The highest BCUT2D eigenvalue weighted by Gasteiger charge is 2.28. The van der Waals surface area contributed by atoms with E-state index in [1.165, 1.54) is 24.0 Å². The van der Waals surface area contributed by atoms with Crippen LogP contribution in [0.3, 0.4) is 0 Å². The summed E-state index contributed by atoms with van der Waals surface area (Å²) in [6.45, 7) is 4.67. The van der Waals surface area contributed by atoms with Crippen molar-refractivity contribution in [1.29, 1.82) is 0 Å². The van der Waals surface area contributed by atoms with Gasteiger partial charge in [0.2, 0.25) is 0 Å². The maximum atomic E-state index is 4.36. The molecular weight excluding hydrogens is 451 g/mol. The van der Waals surface area contributed by atoms with E-state index in [1.54, 1.807) is 0 Å². The van der Waals surface area contributed by atoms with Gasteiger partial charge in [-0.05, 0) is 44.0 Å². The van der Waals surface area contributed by atoms with Gasteiger partial charge in [-0.3, -0.25) is 14.6 Å². The number of hydrogen-bond acceptors (Lipinski definition) is 3. The Balaban J connectivity index is 0.00000261. The number of hydrogen-bond donors (Lipinski definition) is 2. The zero-order valence-electron chi connectivity index (χ0n) is 16.4. The highest BCUT2D eigenvalue weighted by molar-refractivity contribution is 14.0. The fraction of sp³-hybridized carbons (Fsp3) is 0.500. The molecule has 148 valence electrons. The van der Waals surface area contributed by atoms with Crippen LogP contribution in [0.2, 0.25) is 0 Å². The summed E-state index contributed by atoms with van der Waals surface area (Å²) < 4.78 is 1.95. The second-order valence-electron chi connectivity index (χ2n) is 7.02. The molecule has 1 unspecified atom stereocenters. The van der Waals surface area contributed by atoms with Gasteiger partial charge < -0.3 is 10.6 Å². The van der Waals surface area contributed by atoms with E-state index in [1.807, 2.05) is 30.2 Å². The summed E-state index contributed by atoms with van der Waals surface area (Å²) in [6, 6.07) is 11.7. The molecular formula is C20H31IN6. The van der Waals surface area contributed by atoms with Crippen LogP contribution in [0.1, 0.15) is 30.9 Å². The molecule has 27 heavy (non-hydrogen) atoms. The van der Waals surface area contributed by atoms with Crippen LogP contribution in [0.5, 0.6) is 0 Å². The van der Waals surface area contributed by atoms with Crippen molar-refractivity contribution in [3.63, 3.8) is 0 Å². The predicted octanol–water partition coefficient (Wildman–Crippen LogP) is 2.70. The number of rotatable bonds is 8. The predicted molar refractivity (Wildman–Crippen MR) is 122 cm³/mol. The molecule has 1 fully saturated rings. The van der Waals surface area contributed by atoms with Crippen LogP contribution in [-0.4, -0.2) is 53.4 Å². The molecule has 3 rings (SSSR count). The molecule has 1 heterocycles. The molecule has 2 aromatic rings. The van der Waals surface area contributed by atoms with Crippen molar-refractivity contribution in [2.75, 3.05) is 20.6 Å². The average molecular weight is 482 g/mol. The number of halogens is 1. The van der Waals surface area contributed by atoms with Crippen molar-refractivity contribution in [2.45, 2.75) is 44.9 Å². The Morgan fingerprint density at radius 2 is 2.00 bits per heavy atom. The smallest absolute Gasteiger partial charge is 0.191 e. The van der Waals surface area contributed by atoms with Gasteiger partial charge in [0.15, 0.2) is 5.96 Å². The van der Waals surface area contributed by atoms with Gasteiger partial charge in [-0.15, -0.1) is 24.0 Å². The summed E-state index contributed by atoms with van der Waals surface area (Å²) >= 11 is 0. The van der Waals surface area contributed by atoms with Crippen LogP contribution in [-0.2, 0) is 13.1 Å². The van der Waals surface area contributed by atoms with E-state index in [0.717, 1.165) is 31.6 Å². The number of benzene rings is 1. The third-order valence-electron chi connectivity index (χ3n) is 5.06. The number of aromatic nitrogens is 2. The first kappa shape index (κ1) is 21.7. The lowest BCUT2D eigenvalue weighted by molar-refractivity contribution is 0.247. The minimum atomic E-state index is 0. The summed E-state index contributed by atoms with van der Waals surface area (Å²) in [7, 11) is 4.03. The number of nitrogens with zero attached hydrogens (tertiary/aromatic N) is 4. The Bertz CT molecular complexity index is 711.